The van der Waals surface area contributed by atoms with Gasteiger partial charge in [-0.25, -0.2) is 0 Å². The van der Waals surface area contributed by atoms with E-state index in [0.29, 0.717) is 6.04 Å². The molecule has 1 N–H and O–H groups in total. The lowest BCUT2D eigenvalue weighted by Gasteiger charge is -2.28. The number of ether oxygens (including phenoxy) is 2. The molecule has 0 aromatic heterocycles. The Morgan fingerprint density at radius 1 is 1.08 bits per heavy atom. The number of hydrogen-bond donors (Lipinski definition) is 1. The molecule has 0 atom stereocenters. The molecule has 0 unspecified atom stereocenters. The van der Waals surface area contributed by atoms with Crippen molar-refractivity contribution in [3.8, 4) is 5.75 Å². The van der Waals surface area contributed by atoms with E-state index in [4.69, 9.17) is 9.47 Å². The van der Waals surface area contributed by atoms with E-state index in [9.17, 15) is 4.79 Å². The number of hydrogen-bond acceptors (Lipinski definition) is 4. The molecule has 0 amide bonds. The molecule has 24 heavy (non-hydrogen) atoms. The van der Waals surface area contributed by atoms with Gasteiger partial charge in [0.1, 0.15) is 5.75 Å². The Morgan fingerprint density at radius 3 is 2.54 bits per heavy atom. The van der Waals surface area contributed by atoms with E-state index in [1.807, 2.05) is 6.07 Å². The highest BCUT2D eigenvalue weighted by atomic mass is 16.5. The molecular weight excluding hydrogens is 302 g/mol. The predicted molar refractivity (Wildman–Crippen MR) is 95.1 cm³/mol. The summed E-state index contributed by atoms with van der Waals surface area (Å²) in [6.45, 7) is 0.776. The smallest absolute Gasteiger partial charge is 0.308 e. The Labute approximate surface area is 143 Å². The van der Waals surface area contributed by atoms with Crippen molar-refractivity contribution in [3.05, 3.63) is 42.0 Å². The van der Waals surface area contributed by atoms with E-state index in [1.54, 1.807) is 7.11 Å². The van der Waals surface area contributed by atoms with Gasteiger partial charge in [-0.2, -0.15) is 0 Å². The van der Waals surface area contributed by atoms with E-state index in [0.717, 1.165) is 38.0 Å². The number of esters is 1. The SMILES string of the molecule is COC(=O)C1CCC(NCc2c(OC)ccc3ccccc23)CC1. The predicted octanol–water partition coefficient (Wildman–Crippen LogP) is 3.67. The largest absolute Gasteiger partial charge is 0.496 e. The van der Waals surface area contributed by atoms with Gasteiger partial charge < -0.3 is 14.8 Å². The molecule has 0 spiro atoms. The molecule has 1 saturated carbocycles. The normalized spacial score (nSPS) is 20.8. The molecule has 1 aliphatic carbocycles. The molecule has 1 fully saturated rings. The van der Waals surface area contributed by atoms with Crippen molar-refractivity contribution in [1.82, 2.24) is 5.32 Å². The fraction of sp³-hybridized carbons (Fsp3) is 0.450. The maximum atomic E-state index is 11.6. The summed E-state index contributed by atoms with van der Waals surface area (Å²) < 4.78 is 10.4. The lowest BCUT2D eigenvalue weighted by atomic mass is 9.86. The maximum Gasteiger partial charge on any atom is 0.308 e. The van der Waals surface area contributed by atoms with Crippen LogP contribution in [0.5, 0.6) is 5.75 Å². The molecule has 0 saturated heterocycles. The van der Waals surface area contributed by atoms with Crippen LogP contribution in [-0.2, 0) is 16.1 Å². The fourth-order valence-electron chi connectivity index (χ4n) is 3.64. The van der Waals surface area contributed by atoms with Crippen LogP contribution in [-0.4, -0.2) is 26.2 Å². The van der Waals surface area contributed by atoms with Crippen LogP contribution in [0.25, 0.3) is 10.8 Å². The van der Waals surface area contributed by atoms with Gasteiger partial charge >= 0.3 is 5.97 Å². The number of rotatable bonds is 5. The van der Waals surface area contributed by atoms with Gasteiger partial charge in [-0.05, 0) is 42.5 Å². The first-order valence-electron chi connectivity index (χ1n) is 8.58. The molecule has 1 aliphatic rings. The van der Waals surface area contributed by atoms with Crippen molar-refractivity contribution in [2.24, 2.45) is 5.92 Å². The van der Waals surface area contributed by atoms with Crippen LogP contribution in [0.2, 0.25) is 0 Å². The van der Waals surface area contributed by atoms with Crippen LogP contribution in [0.1, 0.15) is 31.2 Å². The highest BCUT2D eigenvalue weighted by molar-refractivity contribution is 5.87. The summed E-state index contributed by atoms with van der Waals surface area (Å²) in [6, 6.07) is 13.0. The molecule has 128 valence electrons. The van der Waals surface area contributed by atoms with Gasteiger partial charge in [-0.3, -0.25) is 4.79 Å². The minimum absolute atomic E-state index is 0.0656. The van der Waals surface area contributed by atoms with Crippen LogP contribution >= 0.6 is 0 Å². The molecule has 0 radical (unpaired) electrons. The molecule has 4 nitrogen and oxygen atoms in total. The zero-order chi connectivity index (χ0) is 16.9. The molecular formula is C20H25NO3. The quantitative estimate of drug-likeness (QED) is 0.851. The lowest BCUT2D eigenvalue weighted by Crippen LogP contribution is -2.35. The third-order valence-corrected chi connectivity index (χ3v) is 5.05. The van der Waals surface area contributed by atoms with Gasteiger partial charge in [0, 0.05) is 18.2 Å². The molecule has 0 heterocycles. The highest BCUT2D eigenvalue weighted by Crippen LogP contribution is 2.29. The zero-order valence-corrected chi connectivity index (χ0v) is 14.4. The molecule has 0 bridgehead atoms. The van der Waals surface area contributed by atoms with Crippen LogP contribution < -0.4 is 10.1 Å². The van der Waals surface area contributed by atoms with Crippen molar-refractivity contribution >= 4 is 16.7 Å². The van der Waals surface area contributed by atoms with Crippen LogP contribution in [0.3, 0.4) is 0 Å². The fourth-order valence-corrected chi connectivity index (χ4v) is 3.64. The van der Waals surface area contributed by atoms with Gasteiger partial charge in [-0.15, -0.1) is 0 Å². The van der Waals surface area contributed by atoms with Crippen LogP contribution in [0.4, 0.5) is 0 Å². The summed E-state index contributed by atoms with van der Waals surface area (Å²) in [4.78, 5) is 11.6. The van der Waals surface area contributed by atoms with Crippen molar-refractivity contribution in [1.29, 1.82) is 0 Å². The summed E-state index contributed by atoms with van der Waals surface area (Å²) >= 11 is 0. The second-order valence-corrected chi connectivity index (χ2v) is 6.42. The first-order chi connectivity index (χ1) is 11.7. The van der Waals surface area contributed by atoms with E-state index in [1.165, 1.54) is 23.4 Å². The van der Waals surface area contributed by atoms with Crippen molar-refractivity contribution < 1.29 is 14.3 Å². The Morgan fingerprint density at radius 2 is 1.83 bits per heavy atom. The second-order valence-electron chi connectivity index (χ2n) is 6.42. The Bertz CT molecular complexity index is 705. The minimum Gasteiger partial charge on any atom is -0.496 e. The van der Waals surface area contributed by atoms with Gasteiger partial charge in [-0.1, -0.05) is 30.3 Å². The van der Waals surface area contributed by atoms with Crippen molar-refractivity contribution in [2.75, 3.05) is 14.2 Å². The average Bonchev–Trinajstić information content (AvgIpc) is 2.65. The zero-order valence-electron chi connectivity index (χ0n) is 14.4. The first-order valence-corrected chi connectivity index (χ1v) is 8.58. The molecule has 3 rings (SSSR count). The van der Waals surface area contributed by atoms with Gasteiger partial charge in [0.05, 0.1) is 20.1 Å². The summed E-state index contributed by atoms with van der Waals surface area (Å²) in [5, 5.41) is 6.11. The molecule has 2 aromatic carbocycles. The first kappa shape index (κ1) is 16.8. The number of nitrogens with one attached hydrogen (secondary N) is 1. The van der Waals surface area contributed by atoms with Crippen molar-refractivity contribution in [3.63, 3.8) is 0 Å². The van der Waals surface area contributed by atoms with E-state index >= 15 is 0 Å². The second kappa shape index (κ2) is 7.67. The van der Waals surface area contributed by atoms with Gasteiger partial charge in [0.15, 0.2) is 0 Å². The van der Waals surface area contributed by atoms with Gasteiger partial charge in [0.25, 0.3) is 0 Å². The average molecular weight is 327 g/mol. The highest BCUT2D eigenvalue weighted by Gasteiger charge is 2.26. The molecule has 0 aliphatic heterocycles. The molecule has 4 heteroatoms. The van der Waals surface area contributed by atoms with E-state index in [-0.39, 0.29) is 11.9 Å². The minimum atomic E-state index is -0.0656. The number of carbonyl (C=O) groups is 1. The van der Waals surface area contributed by atoms with Crippen LogP contribution in [0.15, 0.2) is 36.4 Å². The Kier molecular flexibility index (Phi) is 5.36. The number of methoxy groups -OCH3 is 2. The van der Waals surface area contributed by atoms with Crippen molar-refractivity contribution in [2.45, 2.75) is 38.3 Å². The third kappa shape index (κ3) is 3.54. The molecule has 2 aromatic rings. The third-order valence-electron chi connectivity index (χ3n) is 5.05. The number of carbonyl (C=O) groups excluding carboxylic acids is 1. The summed E-state index contributed by atoms with van der Waals surface area (Å²) in [5.41, 5.74) is 1.20. The van der Waals surface area contributed by atoms with E-state index < -0.39 is 0 Å². The van der Waals surface area contributed by atoms with Gasteiger partial charge in [0.2, 0.25) is 0 Å². The monoisotopic (exact) mass is 327 g/mol. The Hall–Kier alpha value is -2.07. The standard InChI is InChI=1S/C20H25NO3/c1-23-19-12-9-14-5-3-4-6-17(14)18(19)13-21-16-10-7-15(8-11-16)20(22)24-2/h3-6,9,12,15-16,21H,7-8,10-11,13H2,1-2H3. The maximum absolute atomic E-state index is 11.6. The topological polar surface area (TPSA) is 47.6 Å². The number of benzene rings is 2. The number of fused-ring (bicyclic) bond motifs is 1. The summed E-state index contributed by atoms with van der Waals surface area (Å²) in [5.74, 6) is 0.925. The lowest BCUT2D eigenvalue weighted by molar-refractivity contribution is -0.146. The summed E-state index contributed by atoms with van der Waals surface area (Å²) in [7, 11) is 3.19. The summed E-state index contributed by atoms with van der Waals surface area (Å²) in [6.07, 6.45) is 3.81. The van der Waals surface area contributed by atoms with E-state index in [2.05, 4.69) is 35.6 Å². The Balaban J connectivity index is 1.67. The van der Waals surface area contributed by atoms with Crippen LogP contribution in [0, 0.1) is 5.92 Å².